The second-order valence-corrected chi connectivity index (χ2v) is 3.89. The van der Waals surface area contributed by atoms with Crippen LogP contribution in [-0.4, -0.2) is 24.2 Å². The Bertz CT molecular complexity index is 584. The first-order valence-electron chi connectivity index (χ1n) is 4.98. The van der Waals surface area contributed by atoms with Gasteiger partial charge in [0.05, 0.1) is 14.2 Å². The molecule has 88 valence electrons. The second-order valence-electron chi connectivity index (χ2n) is 3.45. The summed E-state index contributed by atoms with van der Waals surface area (Å²) in [5.41, 5.74) is 6.23. The number of pyridine rings is 1. The molecule has 0 amide bonds. The fourth-order valence-electron chi connectivity index (χ4n) is 1.71. The molecule has 0 unspecified atom stereocenters. The number of ether oxygens (including phenoxy) is 2. The smallest absolute Gasteiger partial charge is 0.130 e. The molecule has 0 aliphatic heterocycles. The molecule has 0 fully saturated rings. The molecule has 0 spiro atoms. The van der Waals surface area contributed by atoms with Gasteiger partial charge < -0.3 is 15.2 Å². The number of thiocarbonyl (C=S) groups is 1. The van der Waals surface area contributed by atoms with Crippen LogP contribution >= 0.6 is 12.2 Å². The van der Waals surface area contributed by atoms with Gasteiger partial charge in [-0.15, -0.1) is 0 Å². The molecule has 4 nitrogen and oxygen atoms in total. The van der Waals surface area contributed by atoms with Crippen molar-refractivity contribution in [1.29, 1.82) is 0 Å². The van der Waals surface area contributed by atoms with E-state index in [1.165, 1.54) is 0 Å². The van der Waals surface area contributed by atoms with E-state index in [0.717, 1.165) is 10.8 Å². The van der Waals surface area contributed by atoms with Gasteiger partial charge in [-0.05, 0) is 12.1 Å². The molecule has 0 atom stereocenters. The number of aromatic nitrogens is 1. The van der Waals surface area contributed by atoms with Crippen molar-refractivity contribution in [3.05, 3.63) is 30.1 Å². The highest BCUT2D eigenvalue weighted by molar-refractivity contribution is 7.80. The van der Waals surface area contributed by atoms with Gasteiger partial charge in [0.1, 0.15) is 22.2 Å². The Labute approximate surface area is 104 Å². The minimum absolute atomic E-state index is 0.255. The number of hydrogen-bond acceptors (Lipinski definition) is 4. The normalized spacial score (nSPS) is 10.2. The highest BCUT2D eigenvalue weighted by atomic mass is 32.1. The molecular weight excluding hydrogens is 236 g/mol. The maximum absolute atomic E-state index is 5.65. The molecule has 0 aliphatic carbocycles. The molecule has 1 aromatic heterocycles. The van der Waals surface area contributed by atoms with Crippen LogP contribution < -0.4 is 15.2 Å². The fourth-order valence-corrected chi connectivity index (χ4v) is 1.87. The predicted molar refractivity (Wildman–Crippen MR) is 70.7 cm³/mol. The van der Waals surface area contributed by atoms with Crippen molar-refractivity contribution in [3.8, 4) is 11.5 Å². The van der Waals surface area contributed by atoms with Crippen molar-refractivity contribution >= 4 is 28.0 Å². The lowest BCUT2D eigenvalue weighted by Crippen LogP contribution is -2.12. The minimum atomic E-state index is 0.255. The Hall–Kier alpha value is -1.88. The molecule has 2 aromatic rings. The first-order chi connectivity index (χ1) is 8.17. The Morgan fingerprint density at radius 2 is 2.00 bits per heavy atom. The van der Waals surface area contributed by atoms with Gasteiger partial charge in [0.25, 0.3) is 0 Å². The third-order valence-electron chi connectivity index (χ3n) is 2.50. The lowest BCUT2D eigenvalue weighted by molar-refractivity contribution is 0.398. The third kappa shape index (κ3) is 2.01. The summed E-state index contributed by atoms with van der Waals surface area (Å²) >= 11 is 4.98. The summed E-state index contributed by atoms with van der Waals surface area (Å²) in [5.74, 6) is 1.39. The summed E-state index contributed by atoms with van der Waals surface area (Å²) in [6.07, 6.45) is 1.66. The highest BCUT2D eigenvalue weighted by Crippen LogP contribution is 2.32. The quantitative estimate of drug-likeness (QED) is 0.840. The van der Waals surface area contributed by atoms with Crippen LogP contribution in [-0.2, 0) is 0 Å². The molecule has 0 radical (unpaired) electrons. The molecule has 2 rings (SSSR count). The van der Waals surface area contributed by atoms with E-state index >= 15 is 0 Å². The summed E-state index contributed by atoms with van der Waals surface area (Å²) in [5, 5.41) is 1.74. The molecule has 5 heteroatoms. The predicted octanol–water partition coefficient (Wildman–Crippen LogP) is 1.89. The van der Waals surface area contributed by atoms with Crippen molar-refractivity contribution in [2.75, 3.05) is 14.2 Å². The van der Waals surface area contributed by atoms with Gasteiger partial charge in [0.2, 0.25) is 0 Å². The third-order valence-corrected chi connectivity index (χ3v) is 2.70. The Morgan fingerprint density at radius 1 is 1.24 bits per heavy atom. The van der Waals surface area contributed by atoms with Crippen molar-refractivity contribution in [2.45, 2.75) is 0 Å². The van der Waals surface area contributed by atoms with Crippen LogP contribution in [0.1, 0.15) is 5.69 Å². The van der Waals surface area contributed by atoms with Gasteiger partial charge >= 0.3 is 0 Å². The molecule has 0 saturated carbocycles. The maximum atomic E-state index is 5.65. The van der Waals surface area contributed by atoms with Crippen molar-refractivity contribution < 1.29 is 9.47 Å². The van der Waals surface area contributed by atoms with E-state index in [1.807, 2.05) is 18.2 Å². The van der Waals surface area contributed by atoms with E-state index in [9.17, 15) is 0 Å². The average molecular weight is 248 g/mol. The number of fused-ring (bicyclic) bond motifs is 1. The van der Waals surface area contributed by atoms with Gasteiger partial charge in [0.15, 0.2) is 0 Å². The minimum Gasteiger partial charge on any atom is -0.497 e. The SMILES string of the molecule is COc1cc(OC)c2ccnc(C(N)=S)c2c1. The number of nitrogens with two attached hydrogens (primary N) is 1. The van der Waals surface area contributed by atoms with Crippen LogP contribution in [0.4, 0.5) is 0 Å². The van der Waals surface area contributed by atoms with E-state index in [-0.39, 0.29) is 4.99 Å². The summed E-state index contributed by atoms with van der Waals surface area (Å²) in [4.78, 5) is 4.44. The summed E-state index contributed by atoms with van der Waals surface area (Å²) in [6.45, 7) is 0. The summed E-state index contributed by atoms with van der Waals surface area (Å²) < 4.78 is 10.5. The van der Waals surface area contributed by atoms with Crippen LogP contribution in [0.25, 0.3) is 10.8 Å². The topological polar surface area (TPSA) is 57.4 Å². The zero-order valence-electron chi connectivity index (χ0n) is 9.56. The summed E-state index contributed by atoms with van der Waals surface area (Å²) in [6, 6.07) is 5.51. The van der Waals surface area contributed by atoms with E-state index in [0.29, 0.717) is 17.2 Å². The standard InChI is InChI=1S/C12H12N2O2S/c1-15-7-5-9-8(10(6-7)16-2)3-4-14-11(9)12(13)17/h3-6H,1-2H3,(H2,13,17). The number of nitrogens with zero attached hydrogens (tertiary/aromatic N) is 1. The zero-order valence-corrected chi connectivity index (χ0v) is 10.4. The van der Waals surface area contributed by atoms with Crippen molar-refractivity contribution in [1.82, 2.24) is 4.98 Å². The Morgan fingerprint density at radius 3 is 2.59 bits per heavy atom. The Kier molecular flexibility index (Phi) is 3.10. The highest BCUT2D eigenvalue weighted by Gasteiger charge is 2.11. The molecule has 1 aromatic carbocycles. The van der Waals surface area contributed by atoms with E-state index < -0.39 is 0 Å². The van der Waals surface area contributed by atoms with Gasteiger partial charge in [0, 0.05) is 23.0 Å². The lowest BCUT2D eigenvalue weighted by Gasteiger charge is -2.10. The van der Waals surface area contributed by atoms with Crippen molar-refractivity contribution in [3.63, 3.8) is 0 Å². The van der Waals surface area contributed by atoms with Gasteiger partial charge in [-0.3, -0.25) is 4.98 Å². The van der Waals surface area contributed by atoms with Crippen LogP contribution in [0.5, 0.6) is 11.5 Å². The van der Waals surface area contributed by atoms with Gasteiger partial charge in [-0.1, -0.05) is 12.2 Å². The largest absolute Gasteiger partial charge is 0.497 e. The number of methoxy groups -OCH3 is 2. The zero-order chi connectivity index (χ0) is 12.4. The first kappa shape index (κ1) is 11.6. The van der Waals surface area contributed by atoms with Crippen LogP contribution in [0, 0.1) is 0 Å². The molecule has 17 heavy (non-hydrogen) atoms. The van der Waals surface area contributed by atoms with Crippen LogP contribution in [0.3, 0.4) is 0 Å². The average Bonchev–Trinajstić information content (AvgIpc) is 2.36. The molecule has 1 heterocycles. The van der Waals surface area contributed by atoms with E-state index in [1.54, 1.807) is 20.4 Å². The first-order valence-corrected chi connectivity index (χ1v) is 5.38. The monoisotopic (exact) mass is 248 g/mol. The summed E-state index contributed by atoms with van der Waals surface area (Å²) in [7, 11) is 3.20. The van der Waals surface area contributed by atoms with Crippen LogP contribution in [0.2, 0.25) is 0 Å². The molecule has 0 saturated heterocycles. The van der Waals surface area contributed by atoms with E-state index in [4.69, 9.17) is 27.4 Å². The molecular formula is C12H12N2O2S. The van der Waals surface area contributed by atoms with Crippen molar-refractivity contribution in [2.24, 2.45) is 5.73 Å². The number of hydrogen-bond donors (Lipinski definition) is 1. The number of rotatable bonds is 3. The second kappa shape index (κ2) is 4.55. The van der Waals surface area contributed by atoms with Gasteiger partial charge in [-0.25, -0.2) is 0 Å². The van der Waals surface area contributed by atoms with Crippen LogP contribution in [0.15, 0.2) is 24.4 Å². The molecule has 0 bridgehead atoms. The fraction of sp³-hybridized carbons (Fsp3) is 0.167. The number of benzene rings is 1. The Balaban J connectivity index is 2.84. The van der Waals surface area contributed by atoms with Gasteiger partial charge in [-0.2, -0.15) is 0 Å². The maximum Gasteiger partial charge on any atom is 0.130 e. The molecule has 2 N–H and O–H groups in total. The molecule has 0 aliphatic rings. The lowest BCUT2D eigenvalue weighted by atomic mass is 10.1. The van der Waals surface area contributed by atoms with E-state index in [2.05, 4.69) is 4.98 Å².